The van der Waals surface area contributed by atoms with Gasteiger partial charge in [0.15, 0.2) is 0 Å². The van der Waals surface area contributed by atoms with Gasteiger partial charge in [-0.15, -0.1) is 11.3 Å². The lowest BCUT2D eigenvalue weighted by Crippen LogP contribution is -2.30. The van der Waals surface area contributed by atoms with E-state index in [9.17, 15) is 9.59 Å². The number of hydrogen-bond acceptors (Lipinski definition) is 4. The fraction of sp³-hybridized carbons (Fsp3) is 0.571. The second-order valence-electron chi connectivity index (χ2n) is 4.33. The molecule has 0 bridgehead atoms. The van der Waals surface area contributed by atoms with Crippen LogP contribution in [0, 0.1) is 6.92 Å². The van der Waals surface area contributed by atoms with Crippen LogP contribution in [0.5, 0.6) is 0 Å². The number of ether oxygens (including phenoxy) is 1. The highest BCUT2D eigenvalue weighted by Gasteiger charge is 2.13. The van der Waals surface area contributed by atoms with E-state index in [4.69, 9.17) is 4.74 Å². The van der Waals surface area contributed by atoms with Crippen LogP contribution in [-0.2, 0) is 16.0 Å². The molecular weight excluding hydrogens is 262 g/mol. The SMILES string of the molecule is CCCCOC(=O)CNC(=O)c1cc(C)c(CC)s1. The highest BCUT2D eigenvalue weighted by atomic mass is 32.1. The molecule has 1 heterocycles. The van der Waals surface area contributed by atoms with Crippen molar-refractivity contribution in [2.75, 3.05) is 13.2 Å². The topological polar surface area (TPSA) is 55.4 Å². The van der Waals surface area contributed by atoms with Crippen LogP contribution >= 0.6 is 11.3 Å². The Kier molecular flexibility index (Phi) is 6.56. The summed E-state index contributed by atoms with van der Waals surface area (Å²) in [5.74, 6) is -0.592. The Morgan fingerprint density at radius 2 is 2.11 bits per heavy atom. The number of carbonyl (C=O) groups is 2. The Balaban J connectivity index is 2.40. The van der Waals surface area contributed by atoms with Crippen molar-refractivity contribution in [3.63, 3.8) is 0 Å². The van der Waals surface area contributed by atoms with E-state index in [2.05, 4.69) is 12.2 Å². The molecule has 5 heteroatoms. The van der Waals surface area contributed by atoms with Crippen LogP contribution < -0.4 is 5.32 Å². The standard InChI is InChI=1S/C14H21NO3S/c1-4-6-7-18-13(16)9-15-14(17)12-8-10(3)11(5-2)19-12/h8H,4-7,9H2,1-3H3,(H,15,17). The third-order valence-corrected chi connectivity index (χ3v) is 4.10. The highest BCUT2D eigenvalue weighted by Crippen LogP contribution is 2.22. The third kappa shape index (κ3) is 5.03. The van der Waals surface area contributed by atoms with Crippen molar-refractivity contribution >= 4 is 23.2 Å². The lowest BCUT2D eigenvalue weighted by atomic mass is 10.2. The van der Waals surface area contributed by atoms with Gasteiger partial charge in [-0.05, 0) is 31.4 Å². The molecule has 4 nitrogen and oxygen atoms in total. The van der Waals surface area contributed by atoms with Crippen molar-refractivity contribution in [2.24, 2.45) is 0 Å². The molecule has 0 aliphatic carbocycles. The molecule has 0 aliphatic rings. The maximum absolute atomic E-state index is 11.9. The Morgan fingerprint density at radius 3 is 2.68 bits per heavy atom. The first-order valence-corrected chi connectivity index (χ1v) is 7.43. The molecule has 0 aromatic carbocycles. The summed E-state index contributed by atoms with van der Waals surface area (Å²) in [6.45, 7) is 6.43. The lowest BCUT2D eigenvalue weighted by Gasteiger charge is -2.04. The van der Waals surface area contributed by atoms with Gasteiger partial charge >= 0.3 is 5.97 Å². The molecule has 0 atom stereocenters. The normalized spacial score (nSPS) is 10.3. The molecule has 106 valence electrons. The Labute approximate surface area is 118 Å². The van der Waals surface area contributed by atoms with Crippen molar-refractivity contribution in [3.8, 4) is 0 Å². The monoisotopic (exact) mass is 283 g/mol. The number of carbonyl (C=O) groups excluding carboxylic acids is 2. The van der Waals surface area contributed by atoms with E-state index in [1.807, 2.05) is 19.9 Å². The van der Waals surface area contributed by atoms with E-state index in [1.165, 1.54) is 16.2 Å². The fourth-order valence-corrected chi connectivity index (χ4v) is 2.63. The largest absolute Gasteiger partial charge is 0.464 e. The van der Waals surface area contributed by atoms with Gasteiger partial charge in [0.05, 0.1) is 11.5 Å². The molecule has 19 heavy (non-hydrogen) atoms. The van der Waals surface area contributed by atoms with Crippen molar-refractivity contribution in [1.29, 1.82) is 0 Å². The smallest absolute Gasteiger partial charge is 0.325 e. The molecule has 1 N–H and O–H groups in total. The van der Waals surface area contributed by atoms with Crippen LogP contribution in [0.2, 0.25) is 0 Å². The number of unbranched alkanes of at least 4 members (excludes halogenated alkanes) is 1. The van der Waals surface area contributed by atoms with Crippen LogP contribution in [-0.4, -0.2) is 25.0 Å². The van der Waals surface area contributed by atoms with Gasteiger partial charge in [-0.1, -0.05) is 20.3 Å². The zero-order chi connectivity index (χ0) is 14.3. The average molecular weight is 283 g/mol. The second-order valence-corrected chi connectivity index (χ2v) is 5.46. The summed E-state index contributed by atoms with van der Waals surface area (Å²) in [5.41, 5.74) is 1.13. The van der Waals surface area contributed by atoms with E-state index < -0.39 is 0 Å². The predicted molar refractivity (Wildman–Crippen MR) is 76.6 cm³/mol. The number of esters is 1. The molecule has 0 aliphatic heterocycles. The number of thiophene rings is 1. The molecule has 1 rings (SSSR count). The van der Waals surface area contributed by atoms with E-state index in [-0.39, 0.29) is 18.4 Å². The average Bonchev–Trinajstić information content (AvgIpc) is 2.77. The number of nitrogens with one attached hydrogen (secondary N) is 1. The van der Waals surface area contributed by atoms with Crippen LogP contribution in [0.25, 0.3) is 0 Å². The number of rotatable bonds is 7. The van der Waals surface area contributed by atoms with Crippen LogP contribution in [0.1, 0.15) is 46.8 Å². The molecule has 1 aromatic heterocycles. The predicted octanol–water partition coefficient (Wildman–Crippen LogP) is 2.69. The molecule has 0 fully saturated rings. The van der Waals surface area contributed by atoms with Crippen molar-refractivity contribution < 1.29 is 14.3 Å². The molecule has 0 saturated carbocycles. The number of aryl methyl sites for hydroxylation is 2. The van der Waals surface area contributed by atoms with Crippen LogP contribution in [0.4, 0.5) is 0 Å². The third-order valence-electron chi connectivity index (χ3n) is 2.72. The van der Waals surface area contributed by atoms with Gasteiger partial charge in [-0.25, -0.2) is 0 Å². The van der Waals surface area contributed by atoms with Gasteiger partial charge in [0.1, 0.15) is 6.54 Å². The second kappa shape index (κ2) is 7.94. The minimum atomic E-state index is -0.384. The van der Waals surface area contributed by atoms with Gasteiger partial charge in [0.2, 0.25) is 0 Å². The summed E-state index contributed by atoms with van der Waals surface area (Å²) in [5, 5.41) is 2.59. The summed E-state index contributed by atoms with van der Waals surface area (Å²) in [6.07, 6.45) is 2.75. The zero-order valence-electron chi connectivity index (χ0n) is 11.7. The minimum Gasteiger partial charge on any atom is -0.464 e. The molecule has 1 amide bonds. The summed E-state index contributed by atoms with van der Waals surface area (Å²) in [6, 6.07) is 1.86. The number of hydrogen-bond donors (Lipinski definition) is 1. The molecule has 0 saturated heterocycles. The minimum absolute atomic E-state index is 0.0685. The first-order chi connectivity index (χ1) is 9.08. The van der Waals surface area contributed by atoms with Crippen LogP contribution in [0.3, 0.4) is 0 Å². The first-order valence-electron chi connectivity index (χ1n) is 6.61. The number of amides is 1. The maximum atomic E-state index is 11.9. The zero-order valence-corrected chi connectivity index (χ0v) is 12.6. The van der Waals surface area contributed by atoms with Gasteiger partial charge in [0.25, 0.3) is 5.91 Å². The van der Waals surface area contributed by atoms with E-state index in [0.29, 0.717) is 11.5 Å². The summed E-state index contributed by atoms with van der Waals surface area (Å²) in [7, 11) is 0. The van der Waals surface area contributed by atoms with Gasteiger partial charge in [0, 0.05) is 4.88 Å². The highest BCUT2D eigenvalue weighted by molar-refractivity contribution is 7.14. The fourth-order valence-electron chi connectivity index (χ4n) is 1.60. The Morgan fingerprint density at radius 1 is 1.37 bits per heavy atom. The van der Waals surface area contributed by atoms with Gasteiger partial charge < -0.3 is 10.1 Å². The van der Waals surface area contributed by atoms with Crippen molar-refractivity contribution in [1.82, 2.24) is 5.32 Å². The molecular formula is C14H21NO3S. The molecule has 0 spiro atoms. The first kappa shape index (κ1) is 15.7. The van der Waals surface area contributed by atoms with Crippen molar-refractivity contribution in [3.05, 3.63) is 21.4 Å². The maximum Gasteiger partial charge on any atom is 0.325 e. The summed E-state index contributed by atoms with van der Waals surface area (Å²) in [4.78, 5) is 25.1. The molecule has 1 aromatic rings. The summed E-state index contributed by atoms with van der Waals surface area (Å²) < 4.78 is 4.97. The van der Waals surface area contributed by atoms with Crippen molar-refractivity contribution in [2.45, 2.75) is 40.0 Å². The van der Waals surface area contributed by atoms with Gasteiger partial charge in [-0.3, -0.25) is 9.59 Å². The quantitative estimate of drug-likeness (QED) is 0.618. The Hall–Kier alpha value is -1.36. The van der Waals surface area contributed by atoms with Crippen LogP contribution in [0.15, 0.2) is 6.07 Å². The lowest BCUT2D eigenvalue weighted by molar-refractivity contribution is -0.142. The molecule has 0 radical (unpaired) electrons. The molecule has 0 unspecified atom stereocenters. The van der Waals surface area contributed by atoms with E-state index >= 15 is 0 Å². The Bertz CT molecular complexity index is 440. The summed E-state index contributed by atoms with van der Waals surface area (Å²) >= 11 is 1.48. The van der Waals surface area contributed by atoms with E-state index in [0.717, 1.165) is 24.8 Å². The van der Waals surface area contributed by atoms with Gasteiger partial charge in [-0.2, -0.15) is 0 Å². The van der Waals surface area contributed by atoms with E-state index in [1.54, 1.807) is 0 Å².